The first kappa shape index (κ1) is 13.1. The van der Waals surface area contributed by atoms with Gasteiger partial charge in [-0.2, -0.15) is 0 Å². The van der Waals surface area contributed by atoms with Gasteiger partial charge in [-0.25, -0.2) is 4.39 Å². The van der Waals surface area contributed by atoms with Gasteiger partial charge in [0, 0.05) is 19.2 Å². The number of carbonyl (C=O) groups is 1. The van der Waals surface area contributed by atoms with Gasteiger partial charge in [-0.1, -0.05) is 0 Å². The molecule has 0 aromatic heterocycles. The van der Waals surface area contributed by atoms with Gasteiger partial charge in [0.15, 0.2) is 0 Å². The molecule has 18 heavy (non-hydrogen) atoms. The molecule has 0 bridgehead atoms. The third-order valence-electron chi connectivity index (χ3n) is 2.80. The minimum absolute atomic E-state index is 0.0669. The normalized spacial score (nSPS) is 14.4. The molecule has 6 heteroatoms. The number of benzene rings is 1. The summed E-state index contributed by atoms with van der Waals surface area (Å²) in [5.41, 5.74) is 6.76. The van der Waals surface area contributed by atoms with Crippen molar-refractivity contribution in [3.63, 3.8) is 0 Å². The van der Waals surface area contributed by atoms with E-state index in [9.17, 15) is 9.18 Å². The first-order chi connectivity index (χ1) is 8.47. The molecule has 1 saturated carbocycles. The van der Waals surface area contributed by atoms with Crippen LogP contribution in [0.25, 0.3) is 0 Å². The summed E-state index contributed by atoms with van der Waals surface area (Å²) >= 11 is 3.07. The number of nitrogen functional groups attached to an aromatic ring is 1. The van der Waals surface area contributed by atoms with Crippen LogP contribution in [0.4, 0.5) is 15.8 Å². The lowest BCUT2D eigenvalue weighted by molar-refractivity contribution is -0.119. The maximum atomic E-state index is 13.4. The van der Waals surface area contributed by atoms with E-state index in [0.717, 1.165) is 12.8 Å². The molecule has 1 fully saturated rings. The SMILES string of the molecule is CN(CC(=O)NC1CC1)c1cc(F)c(Br)cc1N. The molecule has 3 N–H and O–H groups in total. The van der Waals surface area contributed by atoms with Crippen LogP contribution in [0.15, 0.2) is 16.6 Å². The second-order valence-corrected chi connectivity index (χ2v) is 5.38. The summed E-state index contributed by atoms with van der Waals surface area (Å²) in [6.07, 6.45) is 2.09. The second kappa shape index (κ2) is 5.14. The van der Waals surface area contributed by atoms with Crippen molar-refractivity contribution in [3.8, 4) is 0 Å². The molecule has 0 heterocycles. The topological polar surface area (TPSA) is 58.4 Å². The molecule has 98 valence electrons. The van der Waals surface area contributed by atoms with E-state index < -0.39 is 5.82 Å². The summed E-state index contributed by atoms with van der Waals surface area (Å²) in [4.78, 5) is 13.3. The average Bonchev–Trinajstić information content (AvgIpc) is 3.06. The number of halogens is 2. The highest BCUT2D eigenvalue weighted by atomic mass is 79.9. The molecule has 0 atom stereocenters. The van der Waals surface area contributed by atoms with Crippen molar-refractivity contribution in [2.75, 3.05) is 24.2 Å². The van der Waals surface area contributed by atoms with Crippen molar-refractivity contribution in [2.24, 2.45) is 0 Å². The van der Waals surface area contributed by atoms with Gasteiger partial charge >= 0.3 is 0 Å². The Balaban J connectivity index is 2.05. The van der Waals surface area contributed by atoms with Crippen molar-refractivity contribution >= 4 is 33.2 Å². The first-order valence-electron chi connectivity index (χ1n) is 5.72. The fourth-order valence-corrected chi connectivity index (χ4v) is 2.04. The van der Waals surface area contributed by atoms with Crippen molar-refractivity contribution in [1.29, 1.82) is 0 Å². The Hall–Kier alpha value is -1.30. The lowest BCUT2D eigenvalue weighted by Gasteiger charge is -2.21. The molecule has 0 spiro atoms. The highest BCUT2D eigenvalue weighted by molar-refractivity contribution is 9.10. The van der Waals surface area contributed by atoms with E-state index in [1.165, 1.54) is 12.1 Å². The molecular formula is C12H15BrFN3O. The van der Waals surface area contributed by atoms with Crippen LogP contribution in [-0.4, -0.2) is 25.5 Å². The summed E-state index contributed by atoms with van der Waals surface area (Å²) in [7, 11) is 1.71. The van der Waals surface area contributed by atoms with E-state index >= 15 is 0 Å². The fourth-order valence-electron chi connectivity index (χ4n) is 1.68. The van der Waals surface area contributed by atoms with Crippen LogP contribution >= 0.6 is 15.9 Å². The number of rotatable bonds is 4. The van der Waals surface area contributed by atoms with Crippen LogP contribution in [0.5, 0.6) is 0 Å². The Bertz CT molecular complexity index is 477. The van der Waals surface area contributed by atoms with Crippen LogP contribution in [0.3, 0.4) is 0 Å². The number of nitrogens with one attached hydrogen (secondary N) is 1. The first-order valence-corrected chi connectivity index (χ1v) is 6.51. The molecule has 1 amide bonds. The second-order valence-electron chi connectivity index (χ2n) is 4.52. The summed E-state index contributed by atoms with van der Waals surface area (Å²) in [6, 6.07) is 3.15. The molecule has 1 aliphatic carbocycles. The smallest absolute Gasteiger partial charge is 0.239 e. The number of anilines is 2. The van der Waals surface area contributed by atoms with Crippen molar-refractivity contribution in [1.82, 2.24) is 5.32 Å². The van der Waals surface area contributed by atoms with Gasteiger partial charge in [0.1, 0.15) is 5.82 Å². The van der Waals surface area contributed by atoms with Crippen LogP contribution in [0, 0.1) is 5.82 Å². The number of carbonyl (C=O) groups excluding carboxylic acids is 1. The number of nitrogens with two attached hydrogens (primary N) is 1. The van der Waals surface area contributed by atoms with Crippen LogP contribution < -0.4 is 16.0 Å². The van der Waals surface area contributed by atoms with Gasteiger partial charge in [0.25, 0.3) is 0 Å². The third kappa shape index (κ3) is 3.13. The lowest BCUT2D eigenvalue weighted by atomic mass is 10.2. The standard InChI is InChI=1S/C12H15BrFN3O/c1-17(6-12(18)16-7-2-3-7)11-5-9(14)8(13)4-10(11)15/h4-5,7H,2-3,6,15H2,1H3,(H,16,18). The van der Waals surface area contributed by atoms with E-state index in [1.54, 1.807) is 11.9 Å². The zero-order valence-electron chi connectivity index (χ0n) is 10.0. The molecule has 0 saturated heterocycles. The quantitative estimate of drug-likeness (QED) is 0.834. The zero-order valence-corrected chi connectivity index (χ0v) is 11.6. The van der Waals surface area contributed by atoms with Crippen molar-refractivity contribution in [3.05, 3.63) is 22.4 Å². The van der Waals surface area contributed by atoms with Gasteiger partial charge in [-0.15, -0.1) is 0 Å². The number of hydrogen-bond acceptors (Lipinski definition) is 3. The summed E-state index contributed by atoms with van der Waals surface area (Å²) in [6.45, 7) is 0.168. The number of hydrogen-bond donors (Lipinski definition) is 2. The van der Waals surface area contributed by atoms with Crippen molar-refractivity contribution in [2.45, 2.75) is 18.9 Å². The van der Waals surface area contributed by atoms with E-state index in [-0.39, 0.29) is 12.5 Å². The summed E-state index contributed by atoms with van der Waals surface area (Å²) in [5, 5.41) is 2.88. The lowest BCUT2D eigenvalue weighted by Crippen LogP contribution is -2.36. The van der Waals surface area contributed by atoms with Crippen LogP contribution in [0.1, 0.15) is 12.8 Å². The average molecular weight is 316 g/mol. The van der Waals surface area contributed by atoms with Crippen LogP contribution in [0.2, 0.25) is 0 Å². The molecule has 1 aromatic rings. The zero-order chi connectivity index (χ0) is 13.3. The monoisotopic (exact) mass is 315 g/mol. The Morgan fingerprint density at radius 3 is 2.89 bits per heavy atom. The third-order valence-corrected chi connectivity index (χ3v) is 3.41. The van der Waals surface area contributed by atoms with E-state index in [0.29, 0.717) is 21.9 Å². The highest BCUT2D eigenvalue weighted by Crippen LogP contribution is 2.28. The Kier molecular flexibility index (Phi) is 3.75. The van der Waals surface area contributed by atoms with E-state index in [2.05, 4.69) is 21.2 Å². The van der Waals surface area contributed by atoms with Gasteiger partial charge in [-0.3, -0.25) is 4.79 Å². The Labute approximate surface area is 113 Å². The summed E-state index contributed by atoms with van der Waals surface area (Å²) < 4.78 is 13.8. The van der Waals surface area contributed by atoms with Crippen molar-refractivity contribution < 1.29 is 9.18 Å². The Morgan fingerprint density at radius 1 is 1.61 bits per heavy atom. The van der Waals surface area contributed by atoms with E-state index in [4.69, 9.17) is 5.73 Å². The highest BCUT2D eigenvalue weighted by Gasteiger charge is 2.23. The molecule has 2 rings (SSSR count). The predicted octanol–water partition coefficient (Wildman–Crippen LogP) is 1.89. The van der Waals surface area contributed by atoms with Gasteiger partial charge in [-0.05, 0) is 34.8 Å². The minimum Gasteiger partial charge on any atom is -0.397 e. The van der Waals surface area contributed by atoms with Gasteiger partial charge < -0.3 is 16.0 Å². The maximum Gasteiger partial charge on any atom is 0.239 e. The molecule has 0 unspecified atom stereocenters. The fraction of sp³-hybridized carbons (Fsp3) is 0.417. The maximum absolute atomic E-state index is 13.4. The van der Waals surface area contributed by atoms with E-state index in [1.807, 2.05) is 0 Å². The van der Waals surface area contributed by atoms with Gasteiger partial charge in [0.2, 0.25) is 5.91 Å². The predicted molar refractivity (Wildman–Crippen MR) is 72.9 cm³/mol. The molecule has 1 aliphatic rings. The molecular weight excluding hydrogens is 301 g/mol. The molecule has 1 aromatic carbocycles. The summed E-state index contributed by atoms with van der Waals surface area (Å²) in [5.74, 6) is -0.462. The largest absolute Gasteiger partial charge is 0.397 e. The van der Waals surface area contributed by atoms with Gasteiger partial charge in [0.05, 0.1) is 22.4 Å². The number of amides is 1. The minimum atomic E-state index is -0.395. The molecule has 0 aliphatic heterocycles. The number of likely N-dealkylation sites (N-methyl/N-ethyl adjacent to an activating group) is 1. The van der Waals surface area contributed by atoms with Crippen LogP contribution in [-0.2, 0) is 4.79 Å². The molecule has 4 nitrogen and oxygen atoms in total. The Morgan fingerprint density at radius 2 is 2.28 bits per heavy atom. The number of nitrogens with zero attached hydrogens (tertiary/aromatic N) is 1. The molecule has 0 radical (unpaired) electrons.